The Morgan fingerprint density at radius 1 is 1.15 bits per heavy atom. The third kappa shape index (κ3) is 5.14. The van der Waals surface area contributed by atoms with Gasteiger partial charge in [0.05, 0.1) is 30.9 Å². The molecule has 0 spiro atoms. The fourth-order valence-corrected chi connectivity index (χ4v) is 4.93. The third-order valence-electron chi connectivity index (χ3n) is 6.69. The molecule has 1 aliphatic heterocycles. The van der Waals surface area contributed by atoms with Crippen molar-refractivity contribution in [1.82, 2.24) is 15.0 Å². The molecule has 0 radical (unpaired) electrons. The number of oxazole rings is 1. The topological polar surface area (TPSA) is 103 Å². The van der Waals surface area contributed by atoms with E-state index in [4.69, 9.17) is 13.9 Å². The van der Waals surface area contributed by atoms with E-state index in [0.717, 1.165) is 69.4 Å². The number of rotatable bonds is 7. The second kappa shape index (κ2) is 10.4. The summed E-state index contributed by atoms with van der Waals surface area (Å²) >= 11 is 0. The van der Waals surface area contributed by atoms with E-state index in [2.05, 4.69) is 37.3 Å². The van der Waals surface area contributed by atoms with Crippen molar-refractivity contribution in [2.75, 3.05) is 43.1 Å². The lowest BCUT2D eigenvalue weighted by atomic mass is 9.82. The Morgan fingerprint density at radius 3 is 2.74 bits per heavy atom. The van der Waals surface area contributed by atoms with Gasteiger partial charge in [0.25, 0.3) is 6.01 Å². The quantitative estimate of drug-likeness (QED) is 0.521. The molecular weight excluding hydrogens is 434 g/mol. The summed E-state index contributed by atoms with van der Waals surface area (Å²) < 4.78 is 15.9. The first kappa shape index (κ1) is 22.6. The van der Waals surface area contributed by atoms with Crippen LogP contribution in [0, 0.1) is 5.92 Å². The van der Waals surface area contributed by atoms with E-state index < -0.39 is 5.97 Å². The van der Waals surface area contributed by atoms with Crippen molar-refractivity contribution >= 4 is 28.7 Å². The van der Waals surface area contributed by atoms with Crippen molar-refractivity contribution in [2.45, 2.75) is 45.1 Å². The summed E-state index contributed by atoms with van der Waals surface area (Å²) in [6, 6.07) is 5.11. The zero-order chi connectivity index (χ0) is 23.3. The number of morpholine rings is 1. The molecule has 34 heavy (non-hydrogen) atoms. The van der Waals surface area contributed by atoms with Crippen LogP contribution in [0.15, 0.2) is 35.2 Å². The van der Waals surface area contributed by atoms with Crippen LogP contribution in [0.4, 0.5) is 11.7 Å². The number of hydrogen-bond donors (Lipinski definition) is 1. The predicted octanol–water partition coefficient (Wildman–Crippen LogP) is 3.84. The normalized spacial score (nSPS) is 20.9. The molecule has 180 valence electrons. The molecule has 2 fully saturated rings. The van der Waals surface area contributed by atoms with Gasteiger partial charge in [0.1, 0.15) is 6.26 Å². The predicted molar refractivity (Wildman–Crippen MR) is 128 cm³/mol. The van der Waals surface area contributed by atoms with Crippen LogP contribution in [0.2, 0.25) is 0 Å². The lowest BCUT2D eigenvalue weighted by Crippen LogP contribution is -2.36. The molecule has 0 unspecified atom stereocenters. The molecule has 5 rings (SSSR count). The molecule has 1 saturated heterocycles. The van der Waals surface area contributed by atoms with E-state index in [1.807, 2.05) is 0 Å². The Bertz CT molecular complexity index is 1120. The number of nitrogens with one attached hydrogen (secondary N) is 1. The molecule has 0 bridgehead atoms. The lowest BCUT2D eigenvalue weighted by molar-refractivity contribution is 0.0519. The minimum atomic E-state index is -0.461. The highest BCUT2D eigenvalue weighted by Gasteiger charge is 2.24. The summed E-state index contributed by atoms with van der Waals surface area (Å²) in [6.45, 7) is 5.41. The Balaban J connectivity index is 1.22. The number of esters is 1. The van der Waals surface area contributed by atoms with Crippen molar-refractivity contribution in [3.8, 4) is 0 Å². The number of carbonyl (C=O) groups is 1. The van der Waals surface area contributed by atoms with Crippen molar-refractivity contribution in [1.29, 1.82) is 0 Å². The highest BCUT2D eigenvalue weighted by Crippen LogP contribution is 2.32. The van der Waals surface area contributed by atoms with Gasteiger partial charge in [-0.25, -0.2) is 4.79 Å². The van der Waals surface area contributed by atoms with Crippen LogP contribution < -0.4 is 10.2 Å². The van der Waals surface area contributed by atoms with Gasteiger partial charge < -0.3 is 24.1 Å². The van der Waals surface area contributed by atoms with Crippen LogP contribution in [0.3, 0.4) is 0 Å². The van der Waals surface area contributed by atoms with Gasteiger partial charge in [-0.15, -0.1) is 0 Å². The fourth-order valence-electron chi connectivity index (χ4n) is 4.93. The molecule has 9 heteroatoms. The zero-order valence-electron chi connectivity index (χ0n) is 19.5. The molecule has 3 aromatic rings. The van der Waals surface area contributed by atoms with Crippen LogP contribution >= 0.6 is 0 Å². The molecule has 1 N–H and O–H groups in total. The average Bonchev–Trinajstić information content (AvgIpc) is 3.34. The summed E-state index contributed by atoms with van der Waals surface area (Å²) in [6.07, 6.45) is 10.1. The van der Waals surface area contributed by atoms with E-state index in [-0.39, 0.29) is 11.7 Å². The van der Waals surface area contributed by atoms with E-state index >= 15 is 0 Å². The van der Waals surface area contributed by atoms with Crippen molar-refractivity contribution < 1.29 is 18.7 Å². The first-order chi connectivity index (χ1) is 16.7. The van der Waals surface area contributed by atoms with Crippen LogP contribution in [-0.4, -0.2) is 59.9 Å². The molecule has 1 aromatic carbocycles. The lowest BCUT2D eigenvalue weighted by Gasteiger charge is -2.31. The van der Waals surface area contributed by atoms with Gasteiger partial charge in [-0.05, 0) is 62.6 Å². The highest BCUT2D eigenvalue weighted by molar-refractivity contribution is 5.87. The van der Waals surface area contributed by atoms with E-state index in [0.29, 0.717) is 18.5 Å². The van der Waals surface area contributed by atoms with E-state index in [1.165, 1.54) is 17.5 Å². The minimum Gasteiger partial charge on any atom is -0.461 e. The van der Waals surface area contributed by atoms with Gasteiger partial charge in [0.15, 0.2) is 5.69 Å². The second-order valence-corrected chi connectivity index (χ2v) is 8.95. The molecule has 0 atom stereocenters. The first-order valence-corrected chi connectivity index (χ1v) is 12.1. The maximum Gasteiger partial charge on any atom is 0.360 e. The monoisotopic (exact) mass is 465 g/mol. The maximum absolute atomic E-state index is 11.8. The minimum absolute atomic E-state index is 0.200. The molecule has 9 nitrogen and oxygen atoms in total. The Labute approximate surface area is 198 Å². The molecular formula is C25H31N5O4. The Morgan fingerprint density at radius 2 is 1.94 bits per heavy atom. The first-order valence-electron chi connectivity index (χ1n) is 12.1. The summed E-state index contributed by atoms with van der Waals surface area (Å²) in [7, 11) is 0. The van der Waals surface area contributed by atoms with Gasteiger partial charge in [0, 0.05) is 37.2 Å². The zero-order valence-corrected chi connectivity index (χ0v) is 19.5. The number of fused-ring (bicyclic) bond motifs is 1. The number of hydrogen-bond acceptors (Lipinski definition) is 9. The van der Waals surface area contributed by atoms with Crippen LogP contribution in [0.25, 0.3) is 11.0 Å². The molecule has 1 saturated carbocycles. The smallest absolute Gasteiger partial charge is 0.360 e. The van der Waals surface area contributed by atoms with Crippen LogP contribution in [0.5, 0.6) is 0 Å². The van der Waals surface area contributed by atoms with Crippen molar-refractivity contribution in [3.05, 3.63) is 42.0 Å². The highest BCUT2D eigenvalue weighted by atomic mass is 16.5. The largest absolute Gasteiger partial charge is 0.461 e. The number of benzene rings is 1. The molecule has 2 aliphatic rings. The molecule has 2 aromatic heterocycles. The van der Waals surface area contributed by atoms with Crippen molar-refractivity contribution in [3.63, 3.8) is 0 Å². The summed E-state index contributed by atoms with van der Waals surface area (Å²) in [4.78, 5) is 27.6. The average molecular weight is 466 g/mol. The number of aromatic nitrogens is 3. The standard InChI is InChI=1S/C25H31N5O4/c1-2-33-24(31)22-16-34-25(29-22)28-19-5-3-17(4-6-19)13-18-14-20(30-9-11-32-12-10-30)15-21-23(18)27-8-7-26-21/h7-8,14-17,19H,2-6,9-13H2,1H3,(H,28,29). The van der Waals surface area contributed by atoms with E-state index in [9.17, 15) is 4.79 Å². The van der Waals surface area contributed by atoms with Crippen molar-refractivity contribution in [2.24, 2.45) is 5.92 Å². The number of ether oxygens (including phenoxy) is 2. The van der Waals surface area contributed by atoms with Gasteiger partial charge in [0.2, 0.25) is 0 Å². The van der Waals surface area contributed by atoms with Gasteiger partial charge in [-0.2, -0.15) is 4.98 Å². The summed E-state index contributed by atoms with van der Waals surface area (Å²) in [5.41, 5.74) is 4.65. The summed E-state index contributed by atoms with van der Waals surface area (Å²) in [5.74, 6) is 0.125. The second-order valence-electron chi connectivity index (χ2n) is 8.95. The van der Waals surface area contributed by atoms with Gasteiger partial charge >= 0.3 is 5.97 Å². The van der Waals surface area contributed by atoms with Gasteiger partial charge in [-0.3, -0.25) is 9.97 Å². The third-order valence-corrected chi connectivity index (χ3v) is 6.69. The maximum atomic E-state index is 11.8. The van der Waals surface area contributed by atoms with Crippen LogP contribution in [0.1, 0.15) is 48.7 Å². The number of nitrogens with zero attached hydrogens (tertiary/aromatic N) is 4. The number of anilines is 2. The Hall–Kier alpha value is -3.20. The van der Waals surface area contributed by atoms with Crippen LogP contribution in [-0.2, 0) is 15.9 Å². The summed E-state index contributed by atoms with van der Waals surface area (Å²) in [5, 5.41) is 3.34. The Kier molecular flexibility index (Phi) is 6.89. The fraction of sp³-hybridized carbons (Fsp3) is 0.520. The number of carbonyl (C=O) groups excluding carboxylic acids is 1. The van der Waals surface area contributed by atoms with Gasteiger partial charge in [-0.1, -0.05) is 0 Å². The SMILES string of the molecule is CCOC(=O)c1coc(NC2CCC(Cc3cc(N4CCOCC4)cc4nccnc34)CC2)n1. The molecule has 3 heterocycles. The molecule has 1 aliphatic carbocycles. The molecule has 0 amide bonds. The van der Waals surface area contributed by atoms with E-state index in [1.54, 1.807) is 19.3 Å².